The summed E-state index contributed by atoms with van der Waals surface area (Å²) in [5.41, 5.74) is 2.78. The molecule has 106 valence electrons. The predicted octanol–water partition coefficient (Wildman–Crippen LogP) is 4.51. The fourth-order valence-electron chi connectivity index (χ4n) is 2.69. The van der Waals surface area contributed by atoms with Crippen LogP contribution in [0, 0.1) is 0 Å². The fourth-order valence-corrected chi connectivity index (χ4v) is 2.69. The van der Waals surface area contributed by atoms with E-state index < -0.39 is 0 Å². The molecule has 0 aliphatic carbocycles. The van der Waals surface area contributed by atoms with Crippen molar-refractivity contribution in [2.24, 2.45) is 0 Å². The van der Waals surface area contributed by atoms with Gasteiger partial charge >= 0.3 is 0 Å². The molecule has 3 aromatic rings. The normalized spacial score (nSPS) is 11.1. The summed E-state index contributed by atoms with van der Waals surface area (Å²) in [6.45, 7) is 2.08. The van der Waals surface area contributed by atoms with Crippen LogP contribution in [0.3, 0.4) is 0 Å². The van der Waals surface area contributed by atoms with E-state index in [2.05, 4.69) is 84.7 Å². The lowest BCUT2D eigenvalue weighted by molar-refractivity contribution is 0.331. The summed E-state index contributed by atoms with van der Waals surface area (Å²) in [5.74, 6) is 0. The highest BCUT2D eigenvalue weighted by molar-refractivity contribution is 5.82. The maximum absolute atomic E-state index is 2.39. The molecule has 0 N–H and O–H groups in total. The molecule has 0 radical (unpaired) electrons. The van der Waals surface area contributed by atoms with E-state index in [-0.39, 0.29) is 0 Å². The van der Waals surface area contributed by atoms with Crippen LogP contribution >= 0.6 is 0 Å². The van der Waals surface area contributed by atoms with E-state index in [9.17, 15) is 0 Å². The van der Waals surface area contributed by atoms with E-state index in [0.29, 0.717) is 0 Å². The number of likely N-dealkylation sites (N-methyl/N-ethyl adjacent to an activating group) is 1. The van der Waals surface area contributed by atoms with Crippen molar-refractivity contribution in [3.63, 3.8) is 0 Å². The Morgan fingerprint density at radius 3 is 2.24 bits per heavy atom. The van der Waals surface area contributed by atoms with Crippen molar-refractivity contribution < 1.29 is 0 Å². The second-order valence-corrected chi connectivity index (χ2v) is 5.65. The van der Waals surface area contributed by atoms with Crippen molar-refractivity contribution in [2.75, 3.05) is 13.6 Å². The smallest absolute Gasteiger partial charge is 0.0231 e. The molecule has 0 bridgehead atoms. The van der Waals surface area contributed by atoms with Crippen LogP contribution in [-0.4, -0.2) is 18.5 Å². The molecule has 0 saturated heterocycles. The molecule has 0 aromatic heterocycles. The summed E-state index contributed by atoms with van der Waals surface area (Å²) in [7, 11) is 2.19. The van der Waals surface area contributed by atoms with E-state index in [0.717, 1.165) is 19.5 Å². The van der Waals surface area contributed by atoms with Gasteiger partial charge in [0.25, 0.3) is 0 Å². The first-order chi connectivity index (χ1) is 10.3. The Bertz CT molecular complexity index is 703. The van der Waals surface area contributed by atoms with E-state index in [1.54, 1.807) is 0 Å². The minimum absolute atomic E-state index is 0.998. The van der Waals surface area contributed by atoms with Crippen molar-refractivity contribution in [1.29, 1.82) is 0 Å². The Kier molecular flexibility index (Phi) is 4.32. The topological polar surface area (TPSA) is 3.24 Å². The maximum Gasteiger partial charge on any atom is 0.0231 e. The molecule has 1 nitrogen and oxygen atoms in total. The van der Waals surface area contributed by atoms with Gasteiger partial charge in [-0.1, -0.05) is 66.7 Å². The number of fused-ring (bicyclic) bond motifs is 1. The molecule has 0 saturated carbocycles. The van der Waals surface area contributed by atoms with E-state index in [4.69, 9.17) is 0 Å². The van der Waals surface area contributed by atoms with Crippen LogP contribution in [0.2, 0.25) is 0 Å². The second kappa shape index (κ2) is 6.55. The lowest BCUT2D eigenvalue weighted by Crippen LogP contribution is -2.20. The predicted molar refractivity (Wildman–Crippen MR) is 90.4 cm³/mol. The third kappa shape index (κ3) is 3.71. The third-order valence-electron chi connectivity index (χ3n) is 3.89. The summed E-state index contributed by atoms with van der Waals surface area (Å²) in [4.78, 5) is 2.39. The van der Waals surface area contributed by atoms with Crippen molar-refractivity contribution in [2.45, 2.75) is 13.0 Å². The summed E-state index contributed by atoms with van der Waals surface area (Å²) in [6.07, 6.45) is 1.10. The summed E-state index contributed by atoms with van der Waals surface area (Å²) >= 11 is 0. The van der Waals surface area contributed by atoms with E-state index in [1.807, 2.05) is 0 Å². The van der Waals surface area contributed by atoms with Crippen molar-refractivity contribution in [3.05, 3.63) is 83.9 Å². The molecule has 0 spiro atoms. The summed E-state index contributed by atoms with van der Waals surface area (Å²) in [6, 6.07) is 26.0. The standard InChI is InChI=1S/C20H21N/c1-21(14-13-17-7-3-2-4-8-17)16-18-11-12-19-9-5-6-10-20(19)15-18/h2-12,15H,13-14,16H2,1H3. The molecule has 0 atom stereocenters. The van der Waals surface area contributed by atoms with Crippen molar-refractivity contribution in [3.8, 4) is 0 Å². The average molecular weight is 275 g/mol. The zero-order valence-electron chi connectivity index (χ0n) is 12.5. The van der Waals surface area contributed by atoms with Gasteiger partial charge < -0.3 is 4.90 Å². The lowest BCUT2D eigenvalue weighted by Gasteiger charge is -2.17. The van der Waals surface area contributed by atoms with E-state index in [1.165, 1.54) is 21.9 Å². The molecule has 0 aliphatic rings. The van der Waals surface area contributed by atoms with Crippen LogP contribution in [-0.2, 0) is 13.0 Å². The molecule has 21 heavy (non-hydrogen) atoms. The Morgan fingerprint density at radius 1 is 0.714 bits per heavy atom. The molecule has 1 heteroatoms. The van der Waals surface area contributed by atoms with Crippen molar-refractivity contribution in [1.82, 2.24) is 4.90 Å². The first kappa shape index (κ1) is 13.8. The van der Waals surface area contributed by atoms with Crippen LogP contribution in [0.1, 0.15) is 11.1 Å². The monoisotopic (exact) mass is 275 g/mol. The van der Waals surface area contributed by atoms with Gasteiger partial charge in [0.15, 0.2) is 0 Å². The zero-order valence-corrected chi connectivity index (χ0v) is 12.5. The molecule has 0 fully saturated rings. The fraction of sp³-hybridized carbons (Fsp3) is 0.200. The molecular formula is C20H21N. The lowest BCUT2D eigenvalue weighted by atomic mass is 10.1. The van der Waals surface area contributed by atoms with Crippen LogP contribution in [0.4, 0.5) is 0 Å². The molecule has 0 amide bonds. The van der Waals surface area contributed by atoms with Crippen LogP contribution in [0.25, 0.3) is 10.8 Å². The highest BCUT2D eigenvalue weighted by Gasteiger charge is 2.02. The molecular weight excluding hydrogens is 254 g/mol. The van der Waals surface area contributed by atoms with Gasteiger partial charge in [-0.2, -0.15) is 0 Å². The number of rotatable bonds is 5. The van der Waals surface area contributed by atoms with Gasteiger partial charge in [-0.05, 0) is 41.4 Å². The van der Waals surface area contributed by atoms with Gasteiger partial charge in [-0.25, -0.2) is 0 Å². The third-order valence-corrected chi connectivity index (χ3v) is 3.89. The van der Waals surface area contributed by atoms with Gasteiger partial charge in [0.1, 0.15) is 0 Å². The minimum Gasteiger partial charge on any atom is -0.302 e. The average Bonchev–Trinajstić information content (AvgIpc) is 2.54. The minimum atomic E-state index is 0.998. The summed E-state index contributed by atoms with van der Waals surface area (Å²) in [5, 5.41) is 2.64. The van der Waals surface area contributed by atoms with Crippen LogP contribution in [0.5, 0.6) is 0 Å². The Hall–Kier alpha value is -2.12. The number of benzene rings is 3. The van der Waals surface area contributed by atoms with Crippen LogP contribution in [0.15, 0.2) is 72.8 Å². The Morgan fingerprint density at radius 2 is 1.43 bits per heavy atom. The molecule has 0 aliphatic heterocycles. The summed E-state index contributed by atoms with van der Waals surface area (Å²) < 4.78 is 0. The van der Waals surface area contributed by atoms with Gasteiger partial charge in [-0.15, -0.1) is 0 Å². The number of nitrogens with zero attached hydrogens (tertiary/aromatic N) is 1. The SMILES string of the molecule is CN(CCc1ccccc1)Cc1ccc2ccccc2c1. The van der Waals surface area contributed by atoms with Gasteiger partial charge in [-0.3, -0.25) is 0 Å². The Labute approximate surface area is 126 Å². The largest absolute Gasteiger partial charge is 0.302 e. The van der Waals surface area contributed by atoms with E-state index >= 15 is 0 Å². The van der Waals surface area contributed by atoms with Gasteiger partial charge in [0.05, 0.1) is 0 Å². The first-order valence-electron chi connectivity index (χ1n) is 7.51. The second-order valence-electron chi connectivity index (χ2n) is 5.65. The molecule has 0 unspecified atom stereocenters. The highest BCUT2D eigenvalue weighted by Crippen LogP contribution is 2.16. The Balaban J connectivity index is 1.62. The number of hydrogen-bond donors (Lipinski definition) is 0. The van der Waals surface area contributed by atoms with Gasteiger partial charge in [0.2, 0.25) is 0 Å². The maximum atomic E-state index is 2.39. The van der Waals surface area contributed by atoms with Crippen LogP contribution < -0.4 is 0 Å². The number of hydrogen-bond acceptors (Lipinski definition) is 1. The van der Waals surface area contributed by atoms with Crippen molar-refractivity contribution >= 4 is 10.8 Å². The molecule has 3 rings (SSSR count). The highest BCUT2D eigenvalue weighted by atomic mass is 15.1. The first-order valence-corrected chi connectivity index (χ1v) is 7.51. The van der Waals surface area contributed by atoms with Gasteiger partial charge in [0, 0.05) is 13.1 Å². The zero-order chi connectivity index (χ0) is 14.5. The molecule has 0 heterocycles. The quantitative estimate of drug-likeness (QED) is 0.662. The molecule has 3 aromatic carbocycles.